The summed E-state index contributed by atoms with van der Waals surface area (Å²) in [6, 6.07) is 0. The van der Waals surface area contributed by atoms with Gasteiger partial charge in [0.2, 0.25) is 5.91 Å². The molecule has 2 atom stereocenters. The third-order valence-corrected chi connectivity index (χ3v) is 3.63. The van der Waals surface area contributed by atoms with Gasteiger partial charge in [0.1, 0.15) is 6.17 Å². The molecule has 0 aromatic rings. The van der Waals surface area contributed by atoms with Crippen molar-refractivity contribution in [2.75, 3.05) is 13.1 Å². The molecule has 2 aliphatic heterocycles. The smallest absolute Gasteiger partial charge is 0.257 e. The van der Waals surface area contributed by atoms with Gasteiger partial charge in [0.15, 0.2) is 4.84 Å². The van der Waals surface area contributed by atoms with Crippen LogP contribution in [0.15, 0.2) is 0 Å². The van der Waals surface area contributed by atoms with Crippen LogP contribution < -0.4 is 0 Å². The van der Waals surface area contributed by atoms with E-state index in [2.05, 4.69) is 0 Å². The van der Waals surface area contributed by atoms with Crippen LogP contribution in [0.4, 0.5) is 0 Å². The second-order valence-electron chi connectivity index (χ2n) is 4.33. The average Bonchev–Trinajstić information content (AvgIpc) is 2.54. The van der Waals surface area contributed by atoms with E-state index in [1.165, 1.54) is 0 Å². The highest BCUT2D eigenvalue weighted by molar-refractivity contribution is 6.53. The summed E-state index contributed by atoms with van der Waals surface area (Å²) >= 11 is 11.2. The largest absolute Gasteiger partial charge is 0.322 e. The Kier molecular flexibility index (Phi) is 3.31. The van der Waals surface area contributed by atoms with E-state index in [1.807, 2.05) is 6.92 Å². The molecule has 4 nitrogen and oxygen atoms in total. The van der Waals surface area contributed by atoms with Gasteiger partial charge in [0.25, 0.3) is 5.91 Å². The van der Waals surface area contributed by atoms with Crippen molar-refractivity contribution in [2.45, 2.75) is 30.8 Å². The Morgan fingerprint density at radius 1 is 1.44 bits per heavy atom. The molecule has 6 heteroatoms. The summed E-state index contributed by atoms with van der Waals surface area (Å²) in [5.74, 6) is -0.175. The minimum Gasteiger partial charge on any atom is -0.322 e. The number of amides is 2. The van der Waals surface area contributed by atoms with Crippen molar-refractivity contribution in [1.29, 1.82) is 0 Å². The number of carbonyl (C=O) groups is 2. The Labute approximate surface area is 104 Å². The molecule has 2 heterocycles. The van der Waals surface area contributed by atoms with E-state index in [4.69, 9.17) is 23.2 Å². The molecule has 0 aliphatic carbocycles. The second-order valence-corrected chi connectivity index (χ2v) is 5.43. The van der Waals surface area contributed by atoms with E-state index in [1.54, 1.807) is 9.80 Å². The highest BCUT2D eigenvalue weighted by atomic mass is 35.5. The lowest BCUT2D eigenvalue weighted by Gasteiger charge is -2.40. The second kappa shape index (κ2) is 4.41. The van der Waals surface area contributed by atoms with Crippen molar-refractivity contribution in [1.82, 2.24) is 9.80 Å². The maximum atomic E-state index is 11.8. The molecule has 0 aromatic heterocycles. The molecule has 90 valence electrons. The summed E-state index contributed by atoms with van der Waals surface area (Å²) in [6.45, 7) is 3.25. The number of halogens is 2. The fourth-order valence-electron chi connectivity index (χ4n) is 2.47. The number of fused-ring (bicyclic) bond motifs is 1. The Morgan fingerprint density at radius 2 is 2.12 bits per heavy atom. The first-order valence-electron chi connectivity index (χ1n) is 5.41. The van der Waals surface area contributed by atoms with Crippen LogP contribution in [0.5, 0.6) is 0 Å². The maximum absolute atomic E-state index is 11.8. The van der Waals surface area contributed by atoms with Crippen molar-refractivity contribution >= 4 is 35.0 Å². The standard InChI is InChI=1S/C10H14Cl2N2O2/c1-6-5-7-13(9(6)15)3-2-4-14(7)10(16)8(11)12/h6-8H,2-5H2,1H3. The SMILES string of the molecule is CC1CC2N(C(=O)C(Cl)Cl)CCCN2C1=O. The predicted molar refractivity (Wildman–Crippen MR) is 61.1 cm³/mol. The molecule has 2 fully saturated rings. The lowest BCUT2D eigenvalue weighted by atomic mass is 10.1. The van der Waals surface area contributed by atoms with E-state index >= 15 is 0 Å². The van der Waals surface area contributed by atoms with E-state index < -0.39 is 4.84 Å². The third-order valence-electron chi connectivity index (χ3n) is 3.26. The van der Waals surface area contributed by atoms with Crippen molar-refractivity contribution < 1.29 is 9.59 Å². The van der Waals surface area contributed by atoms with Crippen molar-refractivity contribution in [3.05, 3.63) is 0 Å². The minimum atomic E-state index is -1.04. The zero-order chi connectivity index (χ0) is 11.9. The number of carbonyl (C=O) groups excluding carboxylic acids is 2. The molecular weight excluding hydrogens is 251 g/mol. The Bertz CT molecular complexity index is 322. The van der Waals surface area contributed by atoms with E-state index in [0.29, 0.717) is 13.0 Å². The van der Waals surface area contributed by atoms with E-state index in [9.17, 15) is 9.59 Å². The summed E-state index contributed by atoms with van der Waals surface area (Å²) in [5.41, 5.74) is 0. The van der Waals surface area contributed by atoms with E-state index in [-0.39, 0.29) is 23.9 Å². The first kappa shape index (κ1) is 12.0. The Hall–Kier alpha value is -0.480. The van der Waals surface area contributed by atoms with Crippen LogP contribution in [0.25, 0.3) is 0 Å². The van der Waals surface area contributed by atoms with Gasteiger partial charge in [0, 0.05) is 19.0 Å². The molecule has 2 rings (SSSR count). The van der Waals surface area contributed by atoms with Crippen LogP contribution in [-0.2, 0) is 9.59 Å². The summed E-state index contributed by atoms with van der Waals surface area (Å²) in [6.07, 6.45) is 1.34. The number of nitrogens with zero attached hydrogens (tertiary/aromatic N) is 2. The van der Waals surface area contributed by atoms with Gasteiger partial charge in [0.05, 0.1) is 0 Å². The maximum Gasteiger partial charge on any atom is 0.257 e. The molecule has 0 spiro atoms. The Balaban J connectivity index is 2.17. The lowest BCUT2D eigenvalue weighted by molar-refractivity contribution is -0.143. The van der Waals surface area contributed by atoms with Gasteiger partial charge in [-0.1, -0.05) is 30.1 Å². The molecule has 0 saturated carbocycles. The molecule has 2 unspecified atom stereocenters. The van der Waals surface area contributed by atoms with Gasteiger partial charge in [-0.15, -0.1) is 0 Å². The van der Waals surface area contributed by atoms with Crippen molar-refractivity contribution in [3.63, 3.8) is 0 Å². The van der Waals surface area contributed by atoms with Gasteiger partial charge < -0.3 is 9.80 Å². The van der Waals surface area contributed by atoms with Crippen molar-refractivity contribution in [2.24, 2.45) is 5.92 Å². The molecule has 0 N–H and O–H groups in total. The molecule has 0 radical (unpaired) electrons. The predicted octanol–water partition coefficient (Wildman–Crippen LogP) is 1.22. The summed E-state index contributed by atoms with van der Waals surface area (Å²) in [7, 11) is 0. The number of hydrogen-bond donors (Lipinski definition) is 0. The third kappa shape index (κ3) is 1.89. The zero-order valence-electron chi connectivity index (χ0n) is 9.03. The molecule has 0 aromatic carbocycles. The highest BCUT2D eigenvalue weighted by Crippen LogP contribution is 2.31. The van der Waals surface area contributed by atoms with Crippen LogP contribution in [0.3, 0.4) is 0 Å². The van der Waals surface area contributed by atoms with Crippen LogP contribution >= 0.6 is 23.2 Å². The fourth-order valence-corrected chi connectivity index (χ4v) is 2.72. The molecular formula is C10H14Cl2N2O2. The highest BCUT2D eigenvalue weighted by Gasteiger charge is 2.44. The van der Waals surface area contributed by atoms with Crippen LogP contribution in [-0.4, -0.2) is 45.7 Å². The van der Waals surface area contributed by atoms with Crippen LogP contribution in [0, 0.1) is 5.92 Å². The summed E-state index contributed by atoms with van der Waals surface area (Å²) in [4.78, 5) is 25.9. The molecule has 0 bridgehead atoms. The number of alkyl halides is 2. The molecule has 16 heavy (non-hydrogen) atoms. The van der Waals surface area contributed by atoms with Crippen molar-refractivity contribution in [3.8, 4) is 0 Å². The van der Waals surface area contributed by atoms with Gasteiger partial charge >= 0.3 is 0 Å². The van der Waals surface area contributed by atoms with Gasteiger partial charge in [-0.2, -0.15) is 0 Å². The Morgan fingerprint density at radius 3 is 2.75 bits per heavy atom. The van der Waals surface area contributed by atoms with Gasteiger partial charge in [-0.3, -0.25) is 9.59 Å². The first-order valence-corrected chi connectivity index (χ1v) is 6.28. The molecule has 2 aliphatic rings. The monoisotopic (exact) mass is 264 g/mol. The lowest BCUT2D eigenvalue weighted by Crippen LogP contribution is -2.55. The molecule has 2 saturated heterocycles. The summed E-state index contributed by atoms with van der Waals surface area (Å²) < 4.78 is 0. The quantitative estimate of drug-likeness (QED) is 0.669. The van der Waals surface area contributed by atoms with E-state index in [0.717, 1.165) is 13.0 Å². The average molecular weight is 265 g/mol. The normalized spacial score (nSPS) is 29.9. The minimum absolute atomic E-state index is 0.0116. The van der Waals surface area contributed by atoms with Crippen LogP contribution in [0.2, 0.25) is 0 Å². The van der Waals surface area contributed by atoms with Crippen LogP contribution in [0.1, 0.15) is 19.8 Å². The summed E-state index contributed by atoms with van der Waals surface area (Å²) in [5, 5.41) is 0. The fraction of sp³-hybridized carbons (Fsp3) is 0.800. The first-order chi connectivity index (χ1) is 7.52. The van der Waals surface area contributed by atoms with Gasteiger partial charge in [-0.25, -0.2) is 0 Å². The number of hydrogen-bond acceptors (Lipinski definition) is 2. The van der Waals surface area contributed by atoms with Gasteiger partial charge in [-0.05, 0) is 12.8 Å². The number of rotatable bonds is 1. The molecule has 2 amide bonds. The topological polar surface area (TPSA) is 40.6 Å². The zero-order valence-corrected chi connectivity index (χ0v) is 10.5.